The van der Waals surface area contributed by atoms with Crippen LogP contribution in [-0.2, 0) is 4.79 Å². The molecule has 0 aliphatic carbocycles. The van der Waals surface area contributed by atoms with Crippen molar-refractivity contribution in [1.29, 1.82) is 0 Å². The second-order valence-electron chi connectivity index (χ2n) is 4.35. The second kappa shape index (κ2) is 5.68. The van der Waals surface area contributed by atoms with Crippen LogP contribution >= 0.6 is 0 Å². The molecule has 7 heteroatoms. The molecule has 1 heterocycles. The summed E-state index contributed by atoms with van der Waals surface area (Å²) >= 11 is 0. The van der Waals surface area contributed by atoms with Crippen LogP contribution in [0, 0.1) is 5.92 Å². The summed E-state index contributed by atoms with van der Waals surface area (Å²) in [5.74, 6) is -0.320. The Morgan fingerprint density at radius 1 is 1.59 bits per heavy atom. The molecule has 2 unspecified atom stereocenters. The summed E-state index contributed by atoms with van der Waals surface area (Å²) in [5, 5.41) is 11.4. The zero-order chi connectivity index (χ0) is 13.1. The van der Waals surface area contributed by atoms with Gasteiger partial charge in [0.25, 0.3) is 0 Å². The third-order valence-electron chi connectivity index (χ3n) is 2.86. The van der Waals surface area contributed by atoms with E-state index in [1.54, 1.807) is 6.92 Å². The lowest BCUT2D eigenvalue weighted by molar-refractivity contribution is -0.133. The molecule has 1 amide bonds. The molecule has 0 aromatic heterocycles. The first-order valence-electron chi connectivity index (χ1n) is 5.53. The Kier molecular flexibility index (Phi) is 4.76. The van der Waals surface area contributed by atoms with Crippen LogP contribution in [0.5, 0.6) is 0 Å². The van der Waals surface area contributed by atoms with Gasteiger partial charge in [0.2, 0.25) is 5.91 Å². The van der Waals surface area contributed by atoms with Crippen molar-refractivity contribution < 1.29 is 23.1 Å². The molecule has 2 N–H and O–H groups in total. The molecule has 0 bridgehead atoms. The van der Waals surface area contributed by atoms with Gasteiger partial charge in [-0.05, 0) is 13.3 Å². The first-order chi connectivity index (χ1) is 7.79. The van der Waals surface area contributed by atoms with E-state index >= 15 is 0 Å². The number of rotatable bonds is 4. The van der Waals surface area contributed by atoms with Gasteiger partial charge in [0.05, 0.1) is 19.2 Å². The minimum absolute atomic E-state index is 0.0292. The van der Waals surface area contributed by atoms with Gasteiger partial charge in [-0.3, -0.25) is 4.79 Å². The normalized spacial score (nSPS) is 22.9. The SMILES string of the molecule is CC(O)C1CCN(C(=O)CNCC(F)(F)F)C1. The number of alkyl halides is 3. The molecule has 1 fully saturated rings. The van der Waals surface area contributed by atoms with Gasteiger partial charge >= 0.3 is 6.18 Å². The summed E-state index contributed by atoms with van der Waals surface area (Å²) in [6.45, 7) is 1.10. The van der Waals surface area contributed by atoms with E-state index < -0.39 is 18.8 Å². The highest BCUT2D eigenvalue weighted by atomic mass is 19.4. The summed E-state index contributed by atoms with van der Waals surface area (Å²) in [7, 11) is 0. The molecule has 4 nitrogen and oxygen atoms in total. The number of likely N-dealkylation sites (tertiary alicyclic amines) is 1. The lowest BCUT2D eigenvalue weighted by Crippen LogP contribution is -2.40. The van der Waals surface area contributed by atoms with Crippen LogP contribution in [-0.4, -0.2) is 54.4 Å². The Hall–Kier alpha value is -0.820. The predicted octanol–water partition coefficient (Wildman–Crippen LogP) is 0.368. The van der Waals surface area contributed by atoms with Crippen LogP contribution in [0.4, 0.5) is 13.2 Å². The summed E-state index contributed by atoms with van der Waals surface area (Å²) in [6, 6.07) is 0. The molecule has 0 aromatic carbocycles. The van der Waals surface area contributed by atoms with Crippen molar-refractivity contribution in [2.75, 3.05) is 26.2 Å². The number of carbonyl (C=O) groups excluding carboxylic acids is 1. The van der Waals surface area contributed by atoms with Gasteiger partial charge in [-0.2, -0.15) is 13.2 Å². The Balaban J connectivity index is 2.26. The fraction of sp³-hybridized carbons (Fsp3) is 0.900. The van der Waals surface area contributed by atoms with Gasteiger partial charge in [-0.15, -0.1) is 0 Å². The van der Waals surface area contributed by atoms with Gasteiger partial charge in [0.15, 0.2) is 0 Å². The fourth-order valence-electron chi connectivity index (χ4n) is 1.83. The van der Waals surface area contributed by atoms with Gasteiger partial charge in [0.1, 0.15) is 0 Å². The van der Waals surface area contributed by atoms with Gasteiger partial charge < -0.3 is 15.3 Å². The van der Waals surface area contributed by atoms with Crippen molar-refractivity contribution in [2.24, 2.45) is 5.92 Å². The summed E-state index contributed by atoms with van der Waals surface area (Å²) in [4.78, 5) is 13.0. The zero-order valence-electron chi connectivity index (χ0n) is 9.63. The number of nitrogens with one attached hydrogen (secondary N) is 1. The maximum Gasteiger partial charge on any atom is 0.401 e. The van der Waals surface area contributed by atoms with Crippen LogP contribution in [0.3, 0.4) is 0 Å². The van der Waals surface area contributed by atoms with E-state index in [4.69, 9.17) is 0 Å². The number of nitrogens with zero attached hydrogens (tertiary/aromatic N) is 1. The molecule has 1 aliphatic rings. The monoisotopic (exact) mass is 254 g/mol. The summed E-state index contributed by atoms with van der Waals surface area (Å²) < 4.78 is 35.5. The number of hydrogen-bond donors (Lipinski definition) is 2. The van der Waals surface area contributed by atoms with Crippen LogP contribution < -0.4 is 5.32 Å². The molecule has 0 radical (unpaired) electrons. The van der Waals surface area contributed by atoms with Crippen molar-refractivity contribution >= 4 is 5.91 Å². The Morgan fingerprint density at radius 2 is 2.24 bits per heavy atom. The van der Waals surface area contributed by atoms with Crippen molar-refractivity contribution in [2.45, 2.75) is 25.6 Å². The van der Waals surface area contributed by atoms with Crippen LogP contribution in [0.25, 0.3) is 0 Å². The third-order valence-corrected chi connectivity index (χ3v) is 2.86. The minimum Gasteiger partial charge on any atom is -0.393 e. The smallest absolute Gasteiger partial charge is 0.393 e. The molecule has 0 aromatic rings. The fourth-order valence-corrected chi connectivity index (χ4v) is 1.83. The second-order valence-corrected chi connectivity index (χ2v) is 4.35. The average Bonchev–Trinajstić information content (AvgIpc) is 2.63. The lowest BCUT2D eigenvalue weighted by Gasteiger charge is -2.18. The molecular formula is C10H17F3N2O2. The number of aliphatic hydroxyl groups excluding tert-OH is 1. The van der Waals surface area contributed by atoms with E-state index in [1.807, 2.05) is 0 Å². The minimum atomic E-state index is -4.30. The molecular weight excluding hydrogens is 237 g/mol. The molecule has 1 aliphatic heterocycles. The molecule has 1 rings (SSSR count). The van der Waals surface area contributed by atoms with Crippen LogP contribution in [0.15, 0.2) is 0 Å². The lowest BCUT2D eigenvalue weighted by atomic mass is 10.0. The van der Waals surface area contributed by atoms with E-state index in [0.717, 1.165) is 0 Å². The van der Waals surface area contributed by atoms with E-state index in [9.17, 15) is 23.1 Å². The highest BCUT2D eigenvalue weighted by Crippen LogP contribution is 2.19. The zero-order valence-corrected chi connectivity index (χ0v) is 9.63. The average molecular weight is 254 g/mol. The number of aliphatic hydroxyl groups is 1. The Bertz CT molecular complexity index is 269. The molecule has 0 spiro atoms. The number of hydrogen-bond acceptors (Lipinski definition) is 3. The van der Waals surface area contributed by atoms with Crippen molar-refractivity contribution in [1.82, 2.24) is 10.2 Å². The largest absolute Gasteiger partial charge is 0.401 e. The predicted molar refractivity (Wildman–Crippen MR) is 55.3 cm³/mol. The molecule has 0 saturated carbocycles. The molecule has 1 saturated heterocycles. The van der Waals surface area contributed by atoms with Crippen molar-refractivity contribution in [3.63, 3.8) is 0 Å². The topological polar surface area (TPSA) is 52.6 Å². The number of carbonyl (C=O) groups is 1. The van der Waals surface area contributed by atoms with E-state index in [0.29, 0.717) is 19.5 Å². The first-order valence-corrected chi connectivity index (χ1v) is 5.53. The third kappa shape index (κ3) is 4.91. The van der Waals surface area contributed by atoms with Gasteiger partial charge in [0, 0.05) is 19.0 Å². The van der Waals surface area contributed by atoms with E-state index in [2.05, 4.69) is 5.32 Å². The number of amides is 1. The standard InChI is InChI=1S/C10H17F3N2O2/c1-7(16)8-2-3-15(5-8)9(17)4-14-6-10(11,12)13/h7-8,14,16H,2-6H2,1H3. The summed E-state index contributed by atoms with van der Waals surface area (Å²) in [5.41, 5.74) is 0. The Morgan fingerprint density at radius 3 is 2.71 bits per heavy atom. The quantitative estimate of drug-likeness (QED) is 0.762. The number of halogens is 3. The van der Waals surface area contributed by atoms with E-state index in [1.165, 1.54) is 4.90 Å². The van der Waals surface area contributed by atoms with Crippen molar-refractivity contribution in [3.05, 3.63) is 0 Å². The van der Waals surface area contributed by atoms with Crippen LogP contribution in [0.2, 0.25) is 0 Å². The maximum atomic E-state index is 11.8. The molecule has 100 valence electrons. The highest BCUT2D eigenvalue weighted by molar-refractivity contribution is 5.78. The highest BCUT2D eigenvalue weighted by Gasteiger charge is 2.30. The first kappa shape index (κ1) is 14.2. The van der Waals surface area contributed by atoms with E-state index in [-0.39, 0.29) is 18.4 Å². The van der Waals surface area contributed by atoms with Crippen LogP contribution in [0.1, 0.15) is 13.3 Å². The van der Waals surface area contributed by atoms with Gasteiger partial charge in [-0.25, -0.2) is 0 Å². The molecule has 2 atom stereocenters. The van der Waals surface area contributed by atoms with Crippen molar-refractivity contribution in [3.8, 4) is 0 Å². The molecule has 17 heavy (non-hydrogen) atoms. The maximum absolute atomic E-state index is 11.8. The Labute approximate surface area is 97.8 Å². The summed E-state index contributed by atoms with van der Waals surface area (Å²) in [6.07, 6.45) is -4.09. The van der Waals surface area contributed by atoms with Gasteiger partial charge in [-0.1, -0.05) is 0 Å².